The Bertz CT molecular complexity index is 330. The Morgan fingerprint density at radius 1 is 1.00 bits per heavy atom. The van der Waals surface area contributed by atoms with Crippen LogP contribution in [0.1, 0.15) is 70.1 Å². The van der Waals surface area contributed by atoms with E-state index in [1.165, 1.54) is 42.4 Å². The molecule has 0 nitrogen and oxygen atoms in total. The van der Waals surface area contributed by atoms with Crippen molar-refractivity contribution < 1.29 is 0 Å². The number of allylic oxidation sites excluding steroid dienone is 1. The van der Waals surface area contributed by atoms with Crippen LogP contribution in [0.3, 0.4) is 0 Å². The van der Waals surface area contributed by atoms with Crippen LogP contribution in [0.15, 0.2) is 24.3 Å². The zero-order valence-electron chi connectivity index (χ0n) is 12.9. The predicted molar refractivity (Wildman–Crippen MR) is 85.1 cm³/mol. The molecule has 0 saturated carbocycles. The topological polar surface area (TPSA) is 0 Å². The summed E-state index contributed by atoms with van der Waals surface area (Å²) >= 11 is 0. The largest absolute Gasteiger partial charge is 0.0871 e. The monoisotopic (exact) mass is 246 g/mol. The molecule has 0 amide bonds. The molecule has 0 atom stereocenters. The maximum Gasteiger partial charge on any atom is -0.0228 e. The van der Waals surface area contributed by atoms with Crippen molar-refractivity contribution >= 4 is 6.08 Å². The van der Waals surface area contributed by atoms with Gasteiger partial charge in [0.05, 0.1) is 0 Å². The van der Waals surface area contributed by atoms with Crippen LogP contribution in [0.2, 0.25) is 0 Å². The minimum atomic E-state index is 1.11. The van der Waals surface area contributed by atoms with Gasteiger partial charge in [-0.1, -0.05) is 82.4 Å². The van der Waals surface area contributed by atoms with Crippen molar-refractivity contribution in [2.24, 2.45) is 0 Å². The van der Waals surface area contributed by atoms with Gasteiger partial charge in [-0.3, -0.25) is 0 Å². The van der Waals surface area contributed by atoms with Crippen LogP contribution in [0.25, 0.3) is 6.08 Å². The van der Waals surface area contributed by atoms with E-state index >= 15 is 0 Å². The van der Waals surface area contributed by atoms with Crippen molar-refractivity contribution in [2.45, 2.75) is 66.7 Å². The maximum absolute atomic E-state index is 2.26. The molecule has 0 heteroatoms. The third-order valence-electron chi connectivity index (χ3n) is 2.98. The Balaban J connectivity index is 0.000000411. The van der Waals surface area contributed by atoms with Crippen molar-refractivity contribution in [2.75, 3.05) is 0 Å². The zero-order valence-corrected chi connectivity index (χ0v) is 12.9. The zero-order chi connectivity index (χ0) is 13.8. The molecule has 0 aliphatic carbocycles. The van der Waals surface area contributed by atoms with Crippen LogP contribution in [0, 0.1) is 6.92 Å². The summed E-state index contributed by atoms with van der Waals surface area (Å²) < 4.78 is 0. The molecule has 0 aromatic heterocycles. The van der Waals surface area contributed by atoms with Gasteiger partial charge in [0, 0.05) is 0 Å². The highest BCUT2D eigenvalue weighted by molar-refractivity contribution is 5.54. The van der Waals surface area contributed by atoms with E-state index < -0.39 is 0 Å². The molecule has 1 aromatic carbocycles. The lowest BCUT2D eigenvalue weighted by molar-refractivity contribution is 0.702. The van der Waals surface area contributed by atoms with Crippen LogP contribution in [-0.4, -0.2) is 0 Å². The van der Waals surface area contributed by atoms with Gasteiger partial charge in [-0.25, -0.2) is 0 Å². The van der Waals surface area contributed by atoms with Gasteiger partial charge in [-0.15, -0.1) is 0 Å². The van der Waals surface area contributed by atoms with Crippen molar-refractivity contribution in [1.29, 1.82) is 0 Å². The van der Waals surface area contributed by atoms with E-state index in [9.17, 15) is 0 Å². The summed E-state index contributed by atoms with van der Waals surface area (Å²) in [5.74, 6) is 0. The average molecular weight is 246 g/mol. The first-order valence-corrected chi connectivity index (χ1v) is 7.41. The molecular formula is C18H30. The summed E-state index contributed by atoms with van der Waals surface area (Å²) in [5, 5.41) is 0. The predicted octanol–water partition coefficient (Wildman–Crippen LogP) is 6.18. The molecular weight excluding hydrogens is 216 g/mol. The normalized spacial score (nSPS) is 10.3. The summed E-state index contributed by atoms with van der Waals surface area (Å²) in [5.41, 5.74) is 4.14. The van der Waals surface area contributed by atoms with Gasteiger partial charge in [0.2, 0.25) is 0 Å². The highest BCUT2D eigenvalue weighted by Crippen LogP contribution is 2.13. The van der Waals surface area contributed by atoms with Gasteiger partial charge in [-0.05, 0) is 31.4 Å². The standard InChI is InChI=1S/C12H16.C6H14/c1-4-6-12-8-7-10(3)9-11(12)5-2;1-3-5-6-4-2/h4,6-9H,5H2,1-3H3;3-6H2,1-2H3/b6-4-;. The SMILES string of the molecule is C/C=C\c1ccc(C)cc1CC.CCCCCC. The first kappa shape index (κ1) is 17.0. The second kappa shape index (κ2) is 11.1. The van der Waals surface area contributed by atoms with Gasteiger partial charge in [-0.2, -0.15) is 0 Å². The smallest absolute Gasteiger partial charge is 0.0228 e. The molecule has 0 aliphatic heterocycles. The molecule has 0 N–H and O–H groups in total. The fraction of sp³-hybridized carbons (Fsp3) is 0.556. The third kappa shape index (κ3) is 7.32. The molecule has 0 bridgehead atoms. The Kier molecular flexibility index (Phi) is 10.4. The molecule has 0 heterocycles. The van der Waals surface area contributed by atoms with Crippen LogP contribution in [-0.2, 0) is 6.42 Å². The fourth-order valence-corrected chi connectivity index (χ4v) is 1.88. The van der Waals surface area contributed by atoms with Gasteiger partial charge in [0.15, 0.2) is 0 Å². The van der Waals surface area contributed by atoms with E-state index in [0.717, 1.165) is 6.42 Å². The Hall–Kier alpha value is -1.04. The highest BCUT2D eigenvalue weighted by atomic mass is 14.0. The molecule has 1 rings (SSSR count). The lowest BCUT2D eigenvalue weighted by atomic mass is 10.0. The Morgan fingerprint density at radius 2 is 1.61 bits per heavy atom. The number of unbranched alkanes of at least 4 members (excludes halogenated alkanes) is 3. The lowest BCUT2D eigenvalue weighted by Gasteiger charge is -2.03. The van der Waals surface area contributed by atoms with E-state index in [4.69, 9.17) is 0 Å². The number of benzene rings is 1. The molecule has 0 spiro atoms. The summed E-state index contributed by atoms with van der Waals surface area (Å²) in [6.45, 7) is 10.9. The average Bonchev–Trinajstić information content (AvgIpc) is 2.39. The molecule has 1 aromatic rings. The van der Waals surface area contributed by atoms with Crippen LogP contribution in [0.5, 0.6) is 0 Å². The lowest BCUT2D eigenvalue weighted by Crippen LogP contribution is -1.86. The fourth-order valence-electron chi connectivity index (χ4n) is 1.88. The quantitative estimate of drug-likeness (QED) is 0.544. The number of rotatable bonds is 5. The minimum absolute atomic E-state index is 1.11. The summed E-state index contributed by atoms with van der Waals surface area (Å²) in [4.78, 5) is 0. The minimum Gasteiger partial charge on any atom is -0.0871 e. The van der Waals surface area contributed by atoms with Crippen molar-refractivity contribution in [3.8, 4) is 0 Å². The highest BCUT2D eigenvalue weighted by Gasteiger charge is 1.95. The van der Waals surface area contributed by atoms with Gasteiger partial charge < -0.3 is 0 Å². The van der Waals surface area contributed by atoms with E-state index in [-0.39, 0.29) is 0 Å². The van der Waals surface area contributed by atoms with Crippen molar-refractivity contribution in [3.63, 3.8) is 0 Å². The van der Waals surface area contributed by atoms with Gasteiger partial charge in [0.25, 0.3) is 0 Å². The van der Waals surface area contributed by atoms with E-state index in [1.54, 1.807) is 0 Å². The molecule has 0 saturated heterocycles. The van der Waals surface area contributed by atoms with E-state index in [0.29, 0.717) is 0 Å². The number of aryl methyl sites for hydroxylation is 2. The first-order chi connectivity index (χ1) is 8.69. The number of hydrogen-bond acceptors (Lipinski definition) is 0. The summed E-state index contributed by atoms with van der Waals surface area (Å²) in [7, 11) is 0. The van der Waals surface area contributed by atoms with Crippen LogP contribution >= 0.6 is 0 Å². The molecule has 0 radical (unpaired) electrons. The summed E-state index contributed by atoms with van der Waals surface area (Å²) in [6.07, 6.45) is 10.9. The second-order valence-corrected chi connectivity index (χ2v) is 4.76. The Morgan fingerprint density at radius 3 is 2.06 bits per heavy atom. The molecule has 0 aliphatic rings. The molecule has 18 heavy (non-hydrogen) atoms. The molecule has 0 unspecified atom stereocenters. The maximum atomic E-state index is 2.26. The van der Waals surface area contributed by atoms with Crippen LogP contribution in [0.4, 0.5) is 0 Å². The van der Waals surface area contributed by atoms with Crippen LogP contribution < -0.4 is 0 Å². The van der Waals surface area contributed by atoms with E-state index in [1.807, 2.05) is 0 Å². The number of hydrogen-bond donors (Lipinski definition) is 0. The first-order valence-electron chi connectivity index (χ1n) is 7.41. The molecule has 0 fully saturated rings. The van der Waals surface area contributed by atoms with Crippen molar-refractivity contribution in [1.82, 2.24) is 0 Å². The molecule has 102 valence electrons. The third-order valence-corrected chi connectivity index (χ3v) is 2.98. The second-order valence-electron chi connectivity index (χ2n) is 4.76. The van der Waals surface area contributed by atoms with Crippen molar-refractivity contribution in [3.05, 3.63) is 41.0 Å². The van der Waals surface area contributed by atoms with Gasteiger partial charge >= 0.3 is 0 Å². The Labute approximate surface area is 114 Å². The van der Waals surface area contributed by atoms with E-state index in [2.05, 4.69) is 65.0 Å². The summed E-state index contributed by atoms with van der Waals surface area (Å²) in [6, 6.07) is 6.61. The van der Waals surface area contributed by atoms with Gasteiger partial charge in [0.1, 0.15) is 0 Å².